The van der Waals surface area contributed by atoms with Crippen LogP contribution in [0.3, 0.4) is 0 Å². The van der Waals surface area contributed by atoms with Crippen LogP contribution < -0.4 is 4.90 Å². The molecule has 0 radical (unpaired) electrons. The summed E-state index contributed by atoms with van der Waals surface area (Å²) < 4.78 is 17.2. The first-order chi connectivity index (χ1) is 11.3. The first kappa shape index (κ1) is 16.6. The van der Waals surface area contributed by atoms with Gasteiger partial charge in [-0.1, -0.05) is 12.1 Å². The largest absolute Gasteiger partial charge is 0.353 e. The van der Waals surface area contributed by atoms with E-state index < -0.39 is 0 Å². The Bertz CT molecular complexity index is 605. The minimum Gasteiger partial charge on any atom is -0.353 e. The maximum atomic E-state index is 5.65. The van der Waals surface area contributed by atoms with E-state index in [2.05, 4.69) is 38.4 Å². The van der Waals surface area contributed by atoms with E-state index in [1.807, 2.05) is 13.8 Å². The fourth-order valence-electron chi connectivity index (χ4n) is 2.98. The summed E-state index contributed by atoms with van der Waals surface area (Å²) in [6.07, 6.45) is -0.114. The fraction of sp³-hybridized carbons (Fsp3) is 0.588. The van der Waals surface area contributed by atoms with Gasteiger partial charge in [0.15, 0.2) is 6.29 Å². The number of rotatable bonds is 7. The lowest BCUT2D eigenvalue weighted by Gasteiger charge is -2.36. The van der Waals surface area contributed by atoms with E-state index in [0.29, 0.717) is 13.2 Å². The summed E-state index contributed by atoms with van der Waals surface area (Å²) in [7, 11) is 0. The van der Waals surface area contributed by atoms with Gasteiger partial charge in [0, 0.05) is 51.3 Å². The van der Waals surface area contributed by atoms with Gasteiger partial charge in [-0.05, 0) is 37.5 Å². The van der Waals surface area contributed by atoms with Gasteiger partial charge in [0.25, 0.3) is 0 Å². The SMILES string of the molecule is CCOC(CN1CCN(c2nsc3ccccc23)CC1)OCC. The Morgan fingerprint density at radius 1 is 1.09 bits per heavy atom. The molecule has 1 aliphatic rings. The van der Waals surface area contributed by atoms with Crippen molar-refractivity contribution in [2.24, 2.45) is 0 Å². The molecule has 1 saturated heterocycles. The van der Waals surface area contributed by atoms with E-state index in [1.54, 1.807) is 11.5 Å². The Labute approximate surface area is 142 Å². The van der Waals surface area contributed by atoms with E-state index in [0.717, 1.165) is 38.5 Å². The smallest absolute Gasteiger partial charge is 0.170 e. The number of ether oxygens (including phenoxy) is 2. The zero-order valence-electron chi connectivity index (χ0n) is 13.9. The van der Waals surface area contributed by atoms with E-state index in [-0.39, 0.29) is 6.29 Å². The summed E-state index contributed by atoms with van der Waals surface area (Å²) in [5, 5.41) is 1.27. The van der Waals surface area contributed by atoms with Gasteiger partial charge >= 0.3 is 0 Å². The summed E-state index contributed by atoms with van der Waals surface area (Å²) in [4.78, 5) is 4.81. The van der Waals surface area contributed by atoms with Crippen molar-refractivity contribution in [1.82, 2.24) is 9.27 Å². The van der Waals surface area contributed by atoms with Gasteiger partial charge in [-0.25, -0.2) is 0 Å². The minimum absolute atomic E-state index is 0.114. The van der Waals surface area contributed by atoms with Crippen molar-refractivity contribution in [2.45, 2.75) is 20.1 Å². The highest BCUT2D eigenvalue weighted by molar-refractivity contribution is 7.13. The van der Waals surface area contributed by atoms with Crippen molar-refractivity contribution in [1.29, 1.82) is 0 Å². The molecule has 3 rings (SSSR count). The molecule has 2 heterocycles. The molecule has 126 valence electrons. The molecule has 1 fully saturated rings. The van der Waals surface area contributed by atoms with Crippen LogP contribution >= 0.6 is 11.5 Å². The predicted molar refractivity (Wildman–Crippen MR) is 95.3 cm³/mol. The van der Waals surface area contributed by atoms with Gasteiger partial charge in [-0.3, -0.25) is 4.90 Å². The van der Waals surface area contributed by atoms with Gasteiger partial charge < -0.3 is 14.4 Å². The molecule has 0 unspecified atom stereocenters. The highest BCUT2D eigenvalue weighted by Gasteiger charge is 2.23. The number of aromatic nitrogens is 1. The second kappa shape index (κ2) is 8.06. The van der Waals surface area contributed by atoms with Crippen molar-refractivity contribution >= 4 is 27.4 Å². The number of piperazine rings is 1. The molecule has 0 atom stereocenters. The van der Waals surface area contributed by atoms with Crippen LogP contribution in [0.4, 0.5) is 5.82 Å². The number of benzene rings is 1. The summed E-state index contributed by atoms with van der Waals surface area (Å²) in [5.74, 6) is 1.14. The van der Waals surface area contributed by atoms with Crippen LogP contribution in [0.15, 0.2) is 24.3 Å². The zero-order valence-corrected chi connectivity index (χ0v) is 14.7. The third kappa shape index (κ3) is 4.01. The summed E-state index contributed by atoms with van der Waals surface area (Å²) in [6.45, 7) is 10.3. The maximum absolute atomic E-state index is 5.65. The van der Waals surface area contributed by atoms with Crippen LogP contribution in [0.25, 0.3) is 10.1 Å². The monoisotopic (exact) mass is 335 g/mol. The molecule has 1 aliphatic heterocycles. The molecular formula is C17H25N3O2S. The normalized spacial score (nSPS) is 16.6. The minimum atomic E-state index is -0.114. The van der Waals surface area contributed by atoms with Gasteiger partial charge in [-0.15, -0.1) is 0 Å². The Kier molecular flexibility index (Phi) is 5.83. The number of hydrogen-bond acceptors (Lipinski definition) is 6. The molecule has 0 amide bonds. The van der Waals surface area contributed by atoms with Crippen LogP contribution in [0.2, 0.25) is 0 Å². The lowest BCUT2D eigenvalue weighted by molar-refractivity contribution is -0.147. The standard InChI is InChI=1S/C17H25N3O2S/c1-3-21-16(22-4-2)13-19-9-11-20(12-10-19)17-14-7-5-6-8-15(14)23-18-17/h5-8,16H,3-4,9-13H2,1-2H3. The molecule has 6 heteroatoms. The molecule has 23 heavy (non-hydrogen) atoms. The molecule has 0 spiro atoms. The maximum Gasteiger partial charge on any atom is 0.170 e. The van der Waals surface area contributed by atoms with Crippen LogP contribution in [0.1, 0.15) is 13.8 Å². The summed E-state index contributed by atoms with van der Waals surface area (Å²) >= 11 is 1.59. The molecule has 2 aromatic rings. The predicted octanol–water partition coefficient (Wildman–Crippen LogP) is 2.82. The van der Waals surface area contributed by atoms with E-state index in [1.165, 1.54) is 10.1 Å². The highest BCUT2D eigenvalue weighted by atomic mass is 32.1. The molecule has 0 aliphatic carbocycles. The molecule has 1 aromatic carbocycles. The molecule has 0 bridgehead atoms. The second-order valence-electron chi connectivity index (χ2n) is 5.63. The first-order valence-corrected chi connectivity index (χ1v) is 9.14. The Hall–Kier alpha value is -1.21. The van der Waals surface area contributed by atoms with Crippen molar-refractivity contribution in [3.8, 4) is 0 Å². The number of hydrogen-bond donors (Lipinski definition) is 0. The third-order valence-corrected chi connectivity index (χ3v) is 4.96. The van der Waals surface area contributed by atoms with E-state index in [9.17, 15) is 0 Å². The van der Waals surface area contributed by atoms with Crippen LogP contribution in [-0.2, 0) is 9.47 Å². The van der Waals surface area contributed by atoms with Crippen molar-refractivity contribution in [3.63, 3.8) is 0 Å². The van der Waals surface area contributed by atoms with Crippen LogP contribution in [0, 0.1) is 0 Å². The van der Waals surface area contributed by atoms with Crippen molar-refractivity contribution < 1.29 is 9.47 Å². The number of anilines is 1. The van der Waals surface area contributed by atoms with Crippen LogP contribution in [0.5, 0.6) is 0 Å². The molecule has 0 N–H and O–H groups in total. The quantitative estimate of drug-likeness (QED) is 0.728. The topological polar surface area (TPSA) is 37.8 Å². The lowest BCUT2D eigenvalue weighted by Crippen LogP contribution is -2.49. The molecular weight excluding hydrogens is 310 g/mol. The van der Waals surface area contributed by atoms with Gasteiger partial charge in [0.05, 0.1) is 4.70 Å². The first-order valence-electron chi connectivity index (χ1n) is 8.36. The molecule has 0 saturated carbocycles. The zero-order chi connectivity index (χ0) is 16.1. The van der Waals surface area contributed by atoms with E-state index in [4.69, 9.17) is 9.47 Å². The van der Waals surface area contributed by atoms with Gasteiger partial charge in [0.1, 0.15) is 5.82 Å². The van der Waals surface area contributed by atoms with Gasteiger partial charge in [0.2, 0.25) is 0 Å². The average molecular weight is 335 g/mol. The fourth-order valence-corrected chi connectivity index (χ4v) is 3.77. The highest BCUT2D eigenvalue weighted by Crippen LogP contribution is 2.29. The number of fused-ring (bicyclic) bond motifs is 1. The Morgan fingerprint density at radius 3 is 2.48 bits per heavy atom. The van der Waals surface area contributed by atoms with Crippen molar-refractivity contribution in [3.05, 3.63) is 24.3 Å². The molecule has 5 nitrogen and oxygen atoms in total. The molecule has 1 aromatic heterocycles. The lowest BCUT2D eigenvalue weighted by atomic mass is 10.2. The Morgan fingerprint density at radius 2 is 1.78 bits per heavy atom. The summed E-state index contributed by atoms with van der Waals surface area (Å²) in [5.41, 5.74) is 0. The third-order valence-electron chi connectivity index (χ3n) is 4.14. The number of nitrogens with zero attached hydrogens (tertiary/aromatic N) is 3. The van der Waals surface area contributed by atoms with Crippen molar-refractivity contribution in [2.75, 3.05) is 50.8 Å². The van der Waals surface area contributed by atoms with Gasteiger partial charge in [-0.2, -0.15) is 4.37 Å². The Balaban J connectivity index is 1.58. The second-order valence-corrected chi connectivity index (χ2v) is 6.44. The average Bonchev–Trinajstić information content (AvgIpc) is 3.00. The summed E-state index contributed by atoms with van der Waals surface area (Å²) in [6, 6.07) is 8.47. The van der Waals surface area contributed by atoms with Crippen LogP contribution in [-0.4, -0.2) is 61.5 Å². The van der Waals surface area contributed by atoms with E-state index >= 15 is 0 Å².